The second-order valence-electron chi connectivity index (χ2n) is 2.67. The van der Waals surface area contributed by atoms with Crippen LogP contribution in [-0.2, 0) is 0 Å². The molecule has 1 rings (SSSR count). The molecule has 0 aliphatic heterocycles. The van der Waals surface area contributed by atoms with Gasteiger partial charge in [0.25, 0.3) is 5.69 Å². The summed E-state index contributed by atoms with van der Waals surface area (Å²) in [7, 11) is 0. The highest BCUT2D eigenvalue weighted by Gasteiger charge is 2.06. The molecule has 1 aromatic rings. The fraction of sp³-hybridized carbons (Fsp3) is 0.100. The van der Waals surface area contributed by atoms with E-state index in [2.05, 4.69) is 11.8 Å². The molecule has 15 heavy (non-hydrogen) atoms. The van der Waals surface area contributed by atoms with Gasteiger partial charge in [-0.2, -0.15) is 5.26 Å². The van der Waals surface area contributed by atoms with Gasteiger partial charge in [-0.3, -0.25) is 10.1 Å². The number of non-ortho nitro benzene ring substituents is 1. The molecule has 2 N–H and O–H groups in total. The maximum absolute atomic E-state index is 10.5. The van der Waals surface area contributed by atoms with Crippen LogP contribution in [0.3, 0.4) is 0 Å². The molecule has 0 unspecified atom stereocenters. The average molecular weight is 201 g/mol. The first kappa shape index (κ1) is 10.6. The SMILES string of the molecule is N#CCC#Cc1cc([N+](=O)[O-])ccc1N. The van der Waals surface area contributed by atoms with Gasteiger partial charge in [-0.15, -0.1) is 0 Å². The average Bonchev–Trinajstić information content (AvgIpc) is 2.20. The largest absolute Gasteiger partial charge is 0.398 e. The Morgan fingerprint density at radius 1 is 1.53 bits per heavy atom. The first-order chi connectivity index (χ1) is 7.15. The third-order valence-corrected chi connectivity index (χ3v) is 1.64. The second-order valence-corrected chi connectivity index (χ2v) is 2.67. The third kappa shape index (κ3) is 2.71. The van der Waals surface area contributed by atoms with E-state index in [0.717, 1.165) is 0 Å². The minimum Gasteiger partial charge on any atom is -0.398 e. The molecule has 0 amide bonds. The summed E-state index contributed by atoms with van der Waals surface area (Å²) in [6.07, 6.45) is 0.0716. The molecule has 0 spiro atoms. The van der Waals surface area contributed by atoms with Gasteiger partial charge in [0, 0.05) is 17.8 Å². The van der Waals surface area contributed by atoms with Crippen LogP contribution in [0.25, 0.3) is 0 Å². The first-order valence-electron chi connectivity index (χ1n) is 4.05. The Labute approximate surface area is 86.3 Å². The van der Waals surface area contributed by atoms with Crippen molar-refractivity contribution < 1.29 is 4.92 Å². The van der Waals surface area contributed by atoms with Gasteiger partial charge in [0.1, 0.15) is 0 Å². The van der Waals surface area contributed by atoms with E-state index in [0.29, 0.717) is 11.3 Å². The standard InChI is InChI=1S/C10H7N3O2/c11-6-2-1-3-8-7-9(13(14)15)4-5-10(8)12/h4-5,7H,2,12H2. The van der Waals surface area contributed by atoms with Crippen molar-refractivity contribution >= 4 is 11.4 Å². The lowest BCUT2D eigenvalue weighted by Gasteiger charge is -1.97. The van der Waals surface area contributed by atoms with Crippen molar-refractivity contribution in [3.05, 3.63) is 33.9 Å². The molecule has 0 bridgehead atoms. The molecular formula is C10H7N3O2. The van der Waals surface area contributed by atoms with Gasteiger partial charge < -0.3 is 5.73 Å². The first-order valence-corrected chi connectivity index (χ1v) is 4.05. The quantitative estimate of drug-likeness (QED) is 0.322. The number of nitrogen functional groups attached to an aromatic ring is 1. The molecule has 0 saturated heterocycles. The molecule has 0 fully saturated rings. The number of nitro benzene ring substituents is 1. The number of anilines is 1. The van der Waals surface area contributed by atoms with Crippen molar-refractivity contribution in [1.82, 2.24) is 0 Å². The number of rotatable bonds is 1. The summed E-state index contributed by atoms with van der Waals surface area (Å²) in [5, 5.41) is 18.7. The molecule has 0 aliphatic carbocycles. The van der Waals surface area contributed by atoms with Crippen LogP contribution in [0.15, 0.2) is 18.2 Å². The predicted molar refractivity (Wildman–Crippen MR) is 54.6 cm³/mol. The van der Waals surface area contributed by atoms with E-state index in [1.54, 1.807) is 0 Å². The summed E-state index contributed by atoms with van der Waals surface area (Å²) < 4.78 is 0. The Bertz CT molecular complexity index is 492. The molecule has 0 saturated carbocycles. The van der Waals surface area contributed by atoms with Crippen molar-refractivity contribution in [3.63, 3.8) is 0 Å². The summed E-state index contributed by atoms with van der Waals surface area (Å²) in [5.41, 5.74) is 6.24. The summed E-state index contributed by atoms with van der Waals surface area (Å²) in [5.74, 6) is 5.15. The van der Waals surface area contributed by atoms with Crippen LogP contribution in [0.5, 0.6) is 0 Å². The molecule has 5 nitrogen and oxygen atoms in total. The van der Waals surface area contributed by atoms with Crippen molar-refractivity contribution in [3.8, 4) is 17.9 Å². The number of nitriles is 1. The van der Waals surface area contributed by atoms with E-state index >= 15 is 0 Å². The molecule has 1 aromatic carbocycles. The summed E-state index contributed by atoms with van der Waals surface area (Å²) in [6, 6.07) is 5.87. The van der Waals surface area contributed by atoms with Gasteiger partial charge in [-0.1, -0.05) is 11.8 Å². The van der Waals surface area contributed by atoms with Gasteiger partial charge in [-0.25, -0.2) is 0 Å². The number of benzene rings is 1. The second kappa shape index (κ2) is 4.64. The van der Waals surface area contributed by atoms with Crippen LogP contribution < -0.4 is 5.73 Å². The van der Waals surface area contributed by atoms with Crippen LogP contribution >= 0.6 is 0 Å². The highest BCUT2D eigenvalue weighted by atomic mass is 16.6. The molecule has 0 heterocycles. The third-order valence-electron chi connectivity index (χ3n) is 1.64. The van der Waals surface area contributed by atoms with E-state index in [9.17, 15) is 10.1 Å². The van der Waals surface area contributed by atoms with Crippen LogP contribution in [0, 0.1) is 33.3 Å². The summed E-state index contributed by atoms with van der Waals surface area (Å²) >= 11 is 0. The minimum atomic E-state index is -0.519. The number of hydrogen-bond donors (Lipinski definition) is 1. The topological polar surface area (TPSA) is 92.9 Å². The van der Waals surface area contributed by atoms with Crippen molar-refractivity contribution in [1.29, 1.82) is 5.26 Å². The van der Waals surface area contributed by atoms with Gasteiger partial charge in [0.15, 0.2) is 0 Å². The van der Waals surface area contributed by atoms with Gasteiger partial charge in [0.2, 0.25) is 0 Å². The van der Waals surface area contributed by atoms with Gasteiger partial charge >= 0.3 is 0 Å². The van der Waals surface area contributed by atoms with E-state index in [4.69, 9.17) is 11.0 Å². The Kier molecular flexibility index (Phi) is 3.26. The highest BCUT2D eigenvalue weighted by Crippen LogP contribution is 2.18. The lowest BCUT2D eigenvalue weighted by molar-refractivity contribution is -0.384. The molecule has 5 heteroatoms. The predicted octanol–water partition coefficient (Wildman–Crippen LogP) is 1.44. The zero-order valence-electron chi connectivity index (χ0n) is 7.73. The highest BCUT2D eigenvalue weighted by molar-refractivity contribution is 5.60. The fourth-order valence-electron chi connectivity index (χ4n) is 0.945. The van der Waals surface area contributed by atoms with E-state index in [1.165, 1.54) is 18.2 Å². The van der Waals surface area contributed by atoms with E-state index in [1.807, 2.05) is 6.07 Å². The monoisotopic (exact) mass is 201 g/mol. The van der Waals surface area contributed by atoms with E-state index in [-0.39, 0.29) is 12.1 Å². The molecule has 0 aliphatic rings. The Hall–Kier alpha value is -2.53. The zero-order chi connectivity index (χ0) is 11.3. The van der Waals surface area contributed by atoms with E-state index < -0.39 is 4.92 Å². The molecular weight excluding hydrogens is 194 g/mol. The molecule has 74 valence electrons. The Balaban J connectivity index is 3.08. The van der Waals surface area contributed by atoms with Crippen LogP contribution in [-0.4, -0.2) is 4.92 Å². The molecule has 0 radical (unpaired) electrons. The van der Waals surface area contributed by atoms with Crippen molar-refractivity contribution in [2.75, 3.05) is 5.73 Å². The maximum Gasteiger partial charge on any atom is 0.270 e. The maximum atomic E-state index is 10.5. The fourth-order valence-corrected chi connectivity index (χ4v) is 0.945. The number of nitrogens with two attached hydrogens (primary N) is 1. The number of nitrogens with zero attached hydrogens (tertiary/aromatic N) is 2. The van der Waals surface area contributed by atoms with Crippen LogP contribution in [0.4, 0.5) is 11.4 Å². The Morgan fingerprint density at radius 3 is 2.87 bits per heavy atom. The summed E-state index contributed by atoms with van der Waals surface area (Å²) in [6.45, 7) is 0. The molecule has 0 aromatic heterocycles. The number of nitro groups is 1. The van der Waals surface area contributed by atoms with Gasteiger partial charge in [0.05, 0.1) is 23.0 Å². The lowest BCUT2D eigenvalue weighted by Crippen LogP contribution is -1.93. The van der Waals surface area contributed by atoms with Crippen LogP contribution in [0.2, 0.25) is 0 Å². The van der Waals surface area contributed by atoms with Crippen molar-refractivity contribution in [2.24, 2.45) is 0 Å². The van der Waals surface area contributed by atoms with Crippen molar-refractivity contribution in [2.45, 2.75) is 6.42 Å². The van der Waals surface area contributed by atoms with Crippen LogP contribution in [0.1, 0.15) is 12.0 Å². The minimum absolute atomic E-state index is 0.0644. The zero-order valence-corrected chi connectivity index (χ0v) is 7.73. The molecule has 0 atom stereocenters. The Morgan fingerprint density at radius 2 is 2.27 bits per heavy atom. The normalized spacial score (nSPS) is 8.47. The number of hydrogen-bond acceptors (Lipinski definition) is 4. The van der Waals surface area contributed by atoms with Gasteiger partial charge in [-0.05, 0) is 6.07 Å². The lowest BCUT2D eigenvalue weighted by atomic mass is 10.1. The summed E-state index contributed by atoms with van der Waals surface area (Å²) in [4.78, 5) is 9.94. The smallest absolute Gasteiger partial charge is 0.270 e.